The summed E-state index contributed by atoms with van der Waals surface area (Å²) < 4.78 is 5.31. The predicted octanol–water partition coefficient (Wildman–Crippen LogP) is 3.44. The van der Waals surface area contributed by atoms with Crippen LogP contribution in [0.3, 0.4) is 0 Å². The van der Waals surface area contributed by atoms with Crippen molar-refractivity contribution in [1.82, 2.24) is 20.4 Å². The van der Waals surface area contributed by atoms with Crippen LogP contribution >= 0.6 is 0 Å². The van der Waals surface area contributed by atoms with E-state index in [1.54, 1.807) is 0 Å². The Balaban J connectivity index is 1.51. The highest BCUT2D eigenvalue weighted by molar-refractivity contribution is 5.80. The van der Waals surface area contributed by atoms with E-state index in [0.29, 0.717) is 24.1 Å². The van der Waals surface area contributed by atoms with Gasteiger partial charge in [0.25, 0.3) is 0 Å². The minimum absolute atomic E-state index is 0.288. The number of likely N-dealkylation sites (tertiary alicyclic amines) is 1. The fourth-order valence-electron chi connectivity index (χ4n) is 3.75. The Bertz CT molecular complexity index is 740. The van der Waals surface area contributed by atoms with Crippen molar-refractivity contribution >= 4 is 5.96 Å². The number of aromatic nitrogens is 2. The molecule has 146 valence electrons. The van der Waals surface area contributed by atoms with Crippen LogP contribution < -0.4 is 5.32 Å². The first-order valence-corrected chi connectivity index (χ1v) is 9.91. The molecule has 0 bridgehead atoms. The van der Waals surface area contributed by atoms with Gasteiger partial charge in [0.15, 0.2) is 11.8 Å². The minimum atomic E-state index is 0.288. The lowest BCUT2D eigenvalue weighted by molar-refractivity contribution is 0.234. The van der Waals surface area contributed by atoms with Gasteiger partial charge < -0.3 is 14.7 Å². The number of guanidine groups is 1. The highest BCUT2D eigenvalue weighted by Gasteiger charge is 2.28. The molecule has 2 aromatic rings. The second-order valence-electron chi connectivity index (χ2n) is 7.65. The van der Waals surface area contributed by atoms with Gasteiger partial charge >= 0.3 is 0 Å². The van der Waals surface area contributed by atoms with Crippen LogP contribution in [0.2, 0.25) is 0 Å². The molecule has 1 fully saturated rings. The SMILES string of the molecule is CN=C(NCCc1nc(C(C)C)no1)N1CCC(c2ccccc2)C(C)C1. The van der Waals surface area contributed by atoms with E-state index in [-0.39, 0.29) is 5.92 Å². The van der Waals surface area contributed by atoms with Gasteiger partial charge in [0, 0.05) is 39.0 Å². The van der Waals surface area contributed by atoms with Gasteiger partial charge in [-0.05, 0) is 23.8 Å². The standard InChI is InChI=1S/C21H31N5O/c1-15(2)20-24-19(27-25-20)10-12-23-21(22-4)26-13-11-18(16(3)14-26)17-8-6-5-7-9-17/h5-9,15-16,18H,10-14H2,1-4H3,(H,22,23). The Labute approximate surface area is 162 Å². The van der Waals surface area contributed by atoms with Crippen molar-refractivity contribution in [2.75, 3.05) is 26.7 Å². The van der Waals surface area contributed by atoms with Gasteiger partial charge in [0.2, 0.25) is 5.89 Å². The molecule has 1 aliphatic heterocycles. The molecule has 3 rings (SSSR count). The molecule has 6 nitrogen and oxygen atoms in total. The Morgan fingerprint density at radius 1 is 1.33 bits per heavy atom. The third kappa shape index (κ3) is 4.87. The quantitative estimate of drug-likeness (QED) is 0.646. The van der Waals surface area contributed by atoms with Crippen LogP contribution in [-0.4, -0.2) is 47.7 Å². The summed E-state index contributed by atoms with van der Waals surface area (Å²) in [7, 11) is 1.85. The van der Waals surface area contributed by atoms with Crippen molar-refractivity contribution < 1.29 is 4.52 Å². The number of hydrogen-bond donors (Lipinski definition) is 1. The highest BCUT2D eigenvalue weighted by Crippen LogP contribution is 2.32. The zero-order valence-electron chi connectivity index (χ0n) is 16.9. The topological polar surface area (TPSA) is 66.5 Å². The Morgan fingerprint density at radius 2 is 2.11 bits per heavy atom. The van der Waals surface area contributed by atoms with E-state index >= 15 is 0 Å². The molecular weight excluding hydrogens is 338 g/mol. The van der Waals surface area contributed by atoms with Crippen LogP contribution in [-0.2, 0) is 6.42 Å². The van der Waals surface area contributed by atoms with Crippen molar-refractivity contribution in [1.29, 1.82) is 0 Å². The summed E-state index contributed by atoms with van der Waals surface area (Å²) in [6.45, 7) is 9.23. The van der Waals surface area contributed by atoms with Crippen molar-refractivity contribution in [3.8, 4) is 0 Å². The first-order valence-electron chi connectivity index (χ1n) is 9.91. The lowest BCUT2D eigenvalue weighted by Crippen LogP contribution is -2.48. The molecule has 0 saturated carbocycles. The molecule has 0 amide bonds. The highest BCUT2D eigenvalue weighted by atomic mass is 16.5. The van der Waals surface area contributed by atoms with Crippen LogP contribution in [0.15, 0.2) is 39.8 Å². The lowest BCUT2D eigenvalue weighted by atomic mass is 9.82. The van der Waals surface area contributed by atoms with Crippen LogP contribution in [0.1, 0.15) is 56.3 Å². The summed E-state index contributed by atoms with van der Waals surface area (Å²) in [5.74, 6) is 3.90. The molecule has 1 aliphatic rings. The molecule has 0 spiro atoms. The van der Waals surface area contributed by atoms with Gasteiger partial charge in [0.05, 0.1) is 0 Å². The maximum Gasteiger partial charge on any atom is 0.228 e. The number of aliphatic imine (C=N–C) groups is 1. The number of piperidine rings is 1. The largest absolute Gasteiger partial charge is 0.356 e. The fourth-order valence-corrected chi connectivity index (χ4v) is 3.75. The summed E-state index contributed by atoms with van der Waals surface area (Å²) in [6.07, 6.45) is 1.85. The molecule has 27 heavy (non-hydrogen) atoms. The van der Waals surface area contributed by atoms with E-state index in [1.165, 1.54) is 5.56 Å². The zero-order valence-corrected chi connectivity index (χ0v) is 16.9. The maximum atomic E-state index is 5.31. The molecule has 2 heterocycles. The van der Waals surface area contributed by atoms with E-state index in [0.717, 1.165) is 37.8 Å². The zero-order chi connectivity index (χ0) is 19.2. The van der Waals surface area contributed by atoms with Crippen LogP contribution in [0, 0.1) is 5.92 Å². The molecule has 2 unspecified atom stereocenters. The van der Waals surface area contributed by atoms with Crippen molar-refractivity contribution in [3.63, 3.8) is 0 Å². The van der Waals surface area contributed by atoms with E-state index < -0.39 is 0 Å². The van der Waals surface area contributed by atoms with Gasteiger partial charge in [0.1, 0.15) is 0 Å². The fraction of sp³-hybridized carbons (Fsp3) is 0.571. The van der Waals surface area contributed by atoms with E-state index in [1.807, 2.05) is 7.05 Å². The summed E-state index contributed by atoms with van der Waals surface area (Å²) in [4.78, 5) is 11.3. The predicted molar refractivity (Wildman–Crippen MR) is 108 cm³/mol. The van der Waals surface area contributed by atoms with Gasteiger partial charge in [-0.2, -0.15) is 4.98 Å². The van der Waals surface area contributed by atoms with Crippen LogP contribution in [0.5, 0.6) is 0 Å². The van der Waals surface area contributed by atoms with Gasteiger partial charge in [-0.1, -0.05) is 56.3 Å². The summed E-state index contributed by atoms with van der Waals surface area (Å²) in [6, 6.07) is 10.9. The second kappa shape index (κ2) is 9.02. The Morgan fingerprint density at radius 3 is 2.74 bits per heavy atom. The molecular formula is C21H31N5O. The number of hydrogen-bond acceptors (Lipinski definition) is 4. The molecule has 0 aliphatic carbocycles. The molecule has 2 atom stereocenters. The van der Waals surface area contributed by atoms with Crippen molar-refractivity contribution in [2.45, 2.75) is 45.4 Å². The van der Waals surface area contributed by atoms with Crippen molar-refractivity contribution in [3.05, 3.63) is 47.6 Å². The normalized spacial score (nSPS) is 20.9. The number of rotatable bonds is 5. The first kappa shape index (κ1) is 19.4. The summed E-state index contributed by atoms with van der Waals surface area (Å²) in [5.41, 5.74) is 1.45. The van der Waals surface area contributed by atoms with E-state index in [2.05, 4.69) is 76.5 Å². The molecule has 1 aromatic carbocycles. The third-order valence-corrected chi connectivity index (χ3v) is 5.27. The van der Waals surface area contributed by atoms with E-state index in [9.17, 15) is 0 Å². The minimum Gasteiger partial charge on any atom is -0.356 e. The maximum absolute atomic E-state index is 5.31. The second-order valence-corrected chi connectivity index (χ2v) is 7.65. The van der Waals surface area contributed by atoms with E-state index in [4.69, 9.17) is 4.52 Å². The monoisotopic (exact) mass is 369 g/mol. The number of nitrogens with one attached hydrogen (secondary N) is 1. The third-order valence-electron chi connectivity index (χ3n) is 5.27. The van der Waals surface area contributed by atoms with Gasteiger partial charge in [-0.25, -0.2) is 0 Å². The lowest BCUT2D eigenvalue weighted by Gasteiger charge is -2.38. The first-order chi connectivity index (χ1) is 13.1. The molecule has 0 radical (unpaired) electrons. The van der Waals surface area contributed by atoms with Crippen molar-refractivity contribution in [2.24, 2.45) is 10.9 Å². The molecule has 1 aromatic heterocycles. The Hall–Kier alpha value is -2.37. The summed E-state index contributed by atoms with van der Waals surface area (Å²) in [5, 5.41) is 7.47. The number of benzene rings is 1. The van der Waals surface area contributed by atoms with Crippen LogP contribution in [0.4, 0.5) is 0 Å². The van der Waals surface area contributed by atoms with Gasteiger partial charge in [-0.15, -0.1) is 0 Å². The smallest absolute Gasteiger partial charge is 0.228 e. The Kier molecular flexibility index (Phi) is 6.48. The van der Waals surface area contributed by atoms with Gasteiger partial charge in [-0.3, -0.25) is 4.99 Å². The average Bonchev–Trinajstić information content (AvgIpc) is 3.15. The van der Waals surface area contributed by atoms with Crippen LogP contribution in [0.25, 0.3) is 0 Å². The summed E-state index contributed by atoms with van der Waals surface area (Å²) >= 11 is 0. The number of nitrogens with zero attached hydrogens (tertiary/aromatic N) is 4. The molecule has 1 N–H and O–H groups in total. The average molecular weight is 370 g/mol. The molecule has 1 saturated heterocycles. The molecule has 6 heteroatoms.